The molecule has 1 aliphatic rings. The van der Waals surface area contributed by atoms with Crippen LogP contribution in [0.15, 0.2) is 34.3 Å². The molecule has 1 aliphatic carbocycles. The zero-order chi connectivity index (χ0) is 14.3. The first-order valence-corrected chi connectivity index (χ1v) is 7.13. The van der Waals surface area contributed by atoms with E-state index >= 15 is 0 Å². The van der Waals surface area contributed by atoms with E-state index in [1.165, 1.54) is 5.71 Å². The summed E-state index contributed by atoms with van der Waals surface area (Å²) < 4.78 is 0. The van der Waals surface area contributed by atoms with E-state index in [2.05, 4.69) is 30.5 Å². The van der Waals surface area contributed by atoms with Gasteiger partial charge in [0.1, 0.15) is 0 Å². The van der Waals surface area contributed by atoms with Gasteiger partial charge in [0.15, 0.2) is 0 Å². The van der Waals surface area contributed by atoms with Gasteiger partial charge in [-0.3, -0.25) is 9.98 Å². The third kappa shape index (κ3) is 8.20. The van der Waals surface area contributed by atoms with Crippen molar-refractivity contribution in [1.29, 1.82) is 0 Å². The van der Waals surface area contributed by atoms with Crippen molar-refractivity contribution in [3.8, 4) is 0 Å². The molecule has 1 fully saturated rings. The van der Waals surface area contributed by atoms with Crippen LogP contribution in [0.1, 0.15) is 46.1 Å². The van der Waals surface area contributed by atoms with E-state index in [4.69, 9.17) is 4.99 Å². The molecule has 2 nitrogen and oxygen atoms in total. The fourth-order valence-corrected chi connectivity index (χ4v) is 2.13. The first kappa shape index (κ1) is 24.7. The molecular formula is C17H25N2PrYb-. The van der Waals surface area contributed by atoms with E-state index in [0.29, 0.717) is 5.92 Å². The number of hydrogen-bond acceptors (Lipinski definition) is 2. The van der Waals surface area contributed by atoms with Crippen molar-refractivity contribution in [2.75, 3.05) is 7.05 Å². The van der Waals surface area contributed by atoms with Crippen LogP contribution in [0.4, 0.5) is 5.69 Å². The van der Waals surface area contributed by atoms with Gasteiger partial charge in [-0.25, -0.2) is 0 Å². The third-order valence-corrected chi connectivity index (χ3v) is 3.22. The van der Waals surface area contributed by atoms with Gasteiger partial charge in [0.2, 0.25) is 0 Å². The van der Waals surface area contributed by atoms with Crippen molar-refractivity contribution < 1.29 is 88.2 Å². The Balaban J connectivity index is 0. The number of hydrogen-bond donors (Lipinski definition) is 0. The Bertz CT molecular complexity index is 470. The topological polar surface area (TPSA) is 24.7 Å². The normalized spacial score (nSPS) is 19.2. The minimum absolute atomic E-state index is 0. The van der Waals surface area contributed by atoms with Crippen LogP contribution >= 0.6 is 0 Å². The van der Waals surface area contributed by atoms with Gasteiger partial charge in [-0.15, -0.1) is 6.42 Å². The molecule has 21 heavy (non-hydrogen) atoms. The number of benzene rings is 1. The fraction of sp³-hybridized carbons (Fsp3) is 0.471. The largest absolute Gasteiger partial charge is 0.320 e. The number of nitrogens with zero attached hydrogens (tertiary/aromatic N) is 2. The minimum atomic E-state index is 0. The average molecular weight is 571 g/mol. The maximum Gasteiger partial charge on any atom is 0.0718 e. The summed E-state index contributed by atoms with van der Waals surface area (Å²) in [6.45, 7) is 8.27. The Hall–Kier alpha value is 1.44. The van der Waals surface area contributed by atoms with E-state index in [9.17, 15) is 0 Å². The molecule has 121 valence electrons. The molecule has 0 aromatic heterocycles. The number of aliphatic imine (C=N–C) groups is 2. The first-order valence-electron chi connectivity index (χ1n) is 7.13. The average Bonchev–Trinajstić information content (AvgIpc) is 2.86. The summed E-state index contributed by atoms with van der Waals surface area (Å²) in [5, 5.41) is 0. The zero-order valence-electron chi connectivity index (χ0n) is 13.6. The molecule has 1 aromatic carbocycles. The third-order valence-electron chi connectivity index (χ3n) is 3.22. The van der Waals surface area contributed by atoms with Gasteiger partial charge < -0.3 is 6.42 Å². The maximum absolute atomic E-state index is 4.78. The van der Waals surface area contributed by atoms with Crippen LogP contribution in [0.5, 0.6) is 0 Å². The van der Waals surface area contributed by atoms with E-state index in [0.717, 1.165) is 29.8 Å². The van der Waals surface area contributed by atoms with Crippen LogP contribution in [-0.2, 0) is 0 Å². The summed E-state index contributed by atoms with van der Waals surface area (Å²) in [7, 11) is 1.82. The van der Waals surface area contributed by atoms with Crippen LogP contribution in [0.3, 0.4) is 0 Å². The molecule has 2 rings (SSSR count). The predicted molar refractivity (Wildman–Crippen MR) is 85.7 cm³/mol. The monoisotopic (exact) mass is 572 g/mol. The van der Waals surface area contributed by atoms with Gasteiger partial charge in [-0.05, 0) is 25.1 Å². The Morgan fingerprint density at radius 2 is 1.86 bits per heavy atom. The van der Waals surface area contributed by atoms with E-state index in [1.807, 2.05) is 40.0 Å². The van der Waals surface area contributed by atoms with Crippen molar-refractivity contribution in [2.45, 2.75) is 40.5 Å². The molecule has 0 heterocycles. The Labute approximate surface area is 201 Å². The summed E-state index contributed by atoms with van der Waals surface area (Å²) in [4.78, 5) is 9.03. The van der Waals surface area contributed by atoms with Gasteiger partial charge in [0.25, 0.3) is 0 Å². The van der Waals surface area contributed by atoms with E-state index in [1.54, 1.807) is 0 Å². The molecule has 0 N–H and O–H groups in total. The fourth-order valence-electron chi connectivity index (χ4n) is 2.13. The van der Waals surface area contributed by atoms with Crippen molar-refractivity contribution in [3.05, 3.63) is 36.2 Å². The molecule has 0 amide bonds. The summed E-state index contributed by atoms with van der Waals surface area (Å²) in [5.41, 5.74) is 4.52. The summed E-state index contributed by atoms with van der Waals surface area (Å²) >= 11 is 0. The van der Waals surface area contributed by atoms with Gasteiger partial charge >= 0.3 is 0 Å². The molecule has 0 aliphatic heterocycles. The van der Waals surface area contributed by atoms with Crippen LogP contribution in [-0.4, -0.2) is 18.5 Å². The molecule has 0 bridgehead atoms. The molecule has 0 saturated heterocycles. The first-order chi connectivity index (χ1) is 9.20. The summed E-state index contributed by atoms with van der Waals surface area (Å²) in [5.74, 6) is 0.668. The molecule has 1 atom stereocenters. The van der Waals surface area contributed by atoms with Crippen LogP contribution in [0.25, 0.3) is 0 Å². The SMILES string of the molecule is CC.CN=C(C)c1ccccc1N=C1C[CH-]C(C)C1.[Pr].[Yb]. The van der Waals surface area contributed by atoms with Crippen molar-refractivity contribution in [3.63, 3.8) is 0 Å². The van der Waals surface area contributed by atoms with Crippen molar-refractivity contribution in [1.82, 2.24) is 0 Å². The number of rotatable bonds is 2. The molecule has 1 aromatic rings. The van der Waals surface area contributed by atoms with E-state index in [-0.39, 0.29) is 88.2 Å². The second kappa shape index (κ2) is 13.8. The van der Waals surface area contributed by atoms with Gasteiger partial charge in [0, 0.05) is 107 Å². The Kier molecular flexibility index (Phi) is 16.3. The Morgan fingerprint density at radius 3 is 2.38 bits per heavy atom. The summed E-state index contributed by atoms with van der Waals surface area (Å²) in [6.07, 6.45) is 4.46. The molecule has 1 radical (unpaired) electrons. The van der Waals surface area contributed by atoms with Crippen molar-refractivity contribution >= 4 is 17.1 Å². The smallest absolute Gasteiger partial charge is 0.0718 e. The zero-order valence-corrected chi connectivity index (χ0v) is 19.0. The second-order valence-corrected chi connectivity index (χ2v) is 4.63. The van der Waals surface area contributed by atoms with E-state index < -0.39 is 0 Å². The van der Waals surface area contributed by atoms with Gasteiger partial charge in [0.05, 0.1) is 5.69 Å². The predicted octanol–water partition coefficient (Wildman–Crippen LogP) is 4.86. The molecule has 0 spiro atoms. The Morgan fingerprint density at radius 1 is 1.24 bits per heavy atom. The molecule has 1 unspecified atom stereocenters. The molecular weight excluding hydrogens is 546 g/mol. The quantitative estimate of drug-likeness (QED) is 0.358. The molecule has 4 heteroatoms. The van der Waals surface area contributed by atoms with Crippen LogP contribution in [0.2, 0.25) is 0 Å². The van der Waals surface area contributed by atoms with Gasteiger partial charge in [-0.2, -0.15) is 5.92 Å². The maximum atomic E-state index is 4.78. The summed E-state index contributed by atoms with van der Waals surface area (Å²) in [6, 6.07) is 8.23. The van der Waals surface area contributed by atoms with Crippen LogP contribution in [0, 0.1) is 101 Å². The minimum Gasteiger partial charge on any atom is -0.320 e. The van der Waals surface area contributed by atoms with Gasteiger partial charge in [-0.1, -0.05) is 39.0 Å². The molecule has 1 saturated carbocycles. The van der Waals surface area contributed by atoms with Crippen LogP contribution < -0.4 is 0 Å². The number of para-hydroxylation sites is 1. The standard InChI is InChI=1S/C15H19N2.C2H6.Pr.Yb/c1-11-8-9-13(10-11)17-15-7-5-4-6-14(15)12(2)16-3;1-2;;/h4-8,11H,9-10H2,1-3H3;1-2H3;;/q-1;;;. The van der Waals surface area contributed by atoms with Crippen molar-refractivity contribution in [2.24, 2.45) is 15.9 Å². The second-order valence-electron chi connectivity index (χ2n) is 4.63.